The minimum atomic E-state index is -0.128. The zero-order valence-corrected chi connectivity index (χ0v) is 13.6. The van der Waals surface area contributed by atoms with Crippen LogP contribution in [0.3, 0.4) is 0 Å². The van der Waals surface area contributed by atoms with Gasteiger partial charge in [0.25, 0.3) is 0 Å². The summed E-state index contributed by atoms with van der Waals surface area (Å²) in [5.41, 5.74) is 2.36. The molecule has 0 saturated heterocycles. The number of halogens is 2. The van der Waals surface area contributed by atoms with E-state index < -0.39 is 0 Å². The number of nitrogens with zero attached hydrogens (tertiary/aromatic N) is 2. The Morgan fingerprint density at radius 2 is 2.05 bits per heavy atom. The summed E-state index contributed by atoms with van der Waals surface area (Å²) >= 11 is 12.2. The Labute approximate surface area is 134 Å². The quantitative estimate of drug-likeness (QED) is 0.876. The van der Waals surface area contributed by atoms with E-state index in [0.29, 0.717) is 28.0 Å². The summed E-state index contributed by atoms with van der Waals surface area (Å²) in [5, 5.41) is 15.0. The summed E-state index contributed by atoms with van der Waals surface area (Å²) in [7, 11) is 0. The number of benzene rings is 1. The molecule has 21 heavy (non-hydrogen) atoms. The third-order valence-electron chi connectivity index (χ3n) is 3.25. The highest BCUT2D eigenvalue weighted by molar-refractivity contribution is 6.32. The van der Waals surface area contributed by atoms with Crippen molar-refractivity contribution in [2.75, 3.05) is 0 Å². The lowest BCUT2D eigenvalue weighted by atomic mass is 10.2. The van der Waals surface area contributed by atoms with Crippen molar-refractivity contribution in [3.8, 4) is 5.75 Å². The van der Waals surface area contributed by atoms with Crippen molar-refractivity contribution >= 4 is 23.2 Å². The molecule has 4 nitrogen and oxygen atoms in total. The minimum Gasteiger partial charge on any atom is -0.487 e. The maximum absolute atomic E-state index is 9.36. The molecule has 0 radical (unpaired) electrons. The fourth-order valence-corrected chi connectivity index (χ4v) is 2.63. The molecule has 0 atom stereocenters. The lowest BCUT2D eigenvalue weighted by Gasteiger charge is -2.11. The first-order valence-electron chi connectivity index (χ1n) is 6.86. The van der Waals surface area contributed by atoms with E-state index in [2.05, 4.69) is 5.10 Å². The molecule has 1 aromatic heterocycles. The average Bonchev–Trinajstić information content (AvgIpc) is 2.81. The largest absolute Gasteiger partial charge is 0.487 e. The second-order valence-electron chi connectivity index (χ2n) is 4.58. The molecule has 0 bridgehead atoms. The summed E-state index contributed by atoms with van der Waals surface area (Å²) in [4.78, 5) is 0. The molecular weight excluding hydrogens is 311 g/mol. The number of rotatable bonds is 6. The molecule has 0 amide bonds. The van der Waals surface area contributed by atoms with Crippen LogP contribution in [0.5, 0.6) is 5.75 Å². The highest BCUT2D eigenvalue weighted by Gasteiger charge is 2.15. The second-order valence-corrected chi connectivity index (χ2v) is 5.39. The van der Waals surface area contributed by atoms with Crippen LogP contribution in [0.2, 0.25) is 10.0 Å². The number of aromatic nitrogens is 2. The van der Waals surface area contributed by atoms with Crippen molar-refractivity contribution < 1.29 is 9.84 Å². The van der Waals surface area contributed by atoms with Crippen LogP contribution in [-0.4, -0.2) is 14.9 Å². The second kappa shape index (κ2) is 7.16. The van der Waals surface area contributed by atoms with Gasteiger partial charge < -0.3 is 9.84 Å². The lowest BCUT2D eigenvalue weighted by molar-refractivity contribution is 0.255. The Hall–Kier alpha value is -1.23. The molecule has 1 aromatic carbocycles. The van der Waals surface area contributed by atoms with E-state index in [-0.39, 0.29) is 6.61 Å². The van der Waals surface area contributed by atoms with Gasteiger partial charge in [-0.3, -0.25) is 4.68 Å². The molecule has 0 spiro atoms. The molecule has 0 fully saturated rings. The topological polar surface area (TPSA) is 47.3 Å². The fourth-order valence-electron chi connectivity index (χ4n) is 2.11. The highest BCUT2D eigenvalue weighted by Crippen LogP contribution is 2.26. The van der Waals surface area contributed by atoms with Gasteiger partial charge in [-0.05, 0) is 31.5 Å². The van der Waals surface area contributed by atoms with Crippen LogP contribution in [0.4, 0.5) is 0 Å². The molecular formula is C15H18Cl2N2O2. The maximum Gasteiger partial charge on any atom is 0.131 e. The molecule has 2 aromatic rings. The Bertz CT molecular complexity index is 626. The van der Waals surface area contributed by atoms with Crippen molar-refractivity contribution in [2.24, 2.45) is 0 Å². The van der Waals surface area contributed by atoms with Gasteiger partial charge in [-0.2, -0.15) is 5.10 Å². The number of aliphatic hydroxyl groups excluding tert-OH is 1. The Morgan fingerprint density at radius 3 is 2.67 bits per heavy atom. The normalized spacial score (nSPS) is 10.9. The van der Waals surface area contributed by atoms with E-state index in [4.69, 9.17) is 27.9 Å². The van der Waals surface area contributed by atoms with Crippen LogP contribution < -0.4 is 4.74 Å². The van der Waals surface area contributed by atoms with Gasteiger partial charge in [0.05, 0.1) is 23.0 Å². The predicted octanol–water partition coefficient (Wildman–Crippen LogP) is 3.84. The van der Waals surface area contributed by atoms with Crippen LogP contribution in [0.1, 0.15) is 30.8 Å². The first-order valence-corrected chi connectivity index (χ1v) is 7.62. The summed E-state index contributed by atoms with van der Waals surface area (Å²) in [6.45, 7) is 4.92. The van der Waals surface area contributed by atoms with Crippen LogP contribution in [0, 0.1) is 0 Å². The number of hydrogen-bond donors (Lipinski definition) is 1. The van der Waals surface area contributed by atoms with Gasteiger partial charge >= 0.3 is 0 Å². The van der Waals surface area contributed by atoms with Crippen molar-refractivity contribution in [2.45, 2.75) is 40.0 Å². The average molecular weight is 329 g/mol. The fraction of sp³-hybridized carbons (Fsp3) is 0.400. The van der Waals surface area contributed by atoms with Crippen LogP contribution in [0.25, 0.3) is 0 Å². The minimum absolute atomic E-state index is 0.128. The first-order chi connectivity index (χ1) is 10.1. The number of aliphatic hydroxyl groups is 1. The maximum atomic E-state index is 9.36. The zero-order valence-electron chi connectivity index (χ0n) is 12.1. The van der Waals surface area contributed by atoms with E-state index in [1.54, 1.807) is 18.2 Å². The van der Waals surface area contributed by atoms with Gasteiger partial charge in [-0.25, -0.2) is 0 Å². The Kier molecular flexibility index (Phi) is 5.51. The molecule has 0 aliphatic rings. The Balaban J connectivity index is 2.22. The lowest BCUT2D eigenvalue weighted by Crippen LogP contribution is -2.07. The molecule has 2 rings (SSSR count). The summed E-state index contributed by atoms with van der Waals surface area (Å²) in [6.07, 6.45) is 0.779. The van der Waals surface area contributed by atoms with Crippen LogP contribution in [0.15, 0.2) is 18.2 Å². The van der Waals surface area contributed by atoms with Crippen molar-refractivity contribution in [3.05, 3.63) is 45.2 Å². The molecule has 0 aliphatic heterocycles. The number of aryl methyl sites for hydroxylation is 2. The first kappa shape index (κ1) is 16.1. The Morgan fingerprint density at radius 1 is 1.29 bits per heavy atom. The van der Waals surface area contributed by atoms with E-state index in [1.807, 2.05) is 18.5 Å². The molecule has 0 saturated carbocycles. The number of hydrogen-bond acceptors (Lipinski definition) is 3. The predicted molar refractivity (Wildman–Crippen MR) is 84.0 cm³/mol. The van der Waals surface area contributed by atoms with Gasteiger partial charge in [0.1, 0.15) is 12.4 Å². The molecule has 1 heterocycles. The number of ether oxygens (including phenoxy) is 1. The smallest absolute Gasteiger partial charge is 0.131 e. The van der Waals surface area contributed by atoms with E-state index >= 15 is 0 Å². The summed E-state index contributed by atoms with van der Waals surface area (Å²) in [6, 6.07) is 5.16. The molecule has 0 aliphatic carbocycles. The molecule has 6 heteroatoms. The summed E-state index contributed by atoms with van der Waals surface area (Å²) < 4.78 is 7.63. The standard InChI is InChI=1S/C15H18Cl2N2O2/c1-3-12-15(17)13(19(4-2)18-12)9-21-14-6-5-11(16)7-10(14)8-20/h5-7,20H,3-4,8-9H2,1-2H3. The monoisotopic (exact) mass is 328 g/mol. The van der Waals surface area contributed by atoms with Gasteiger partial charge in [0.15, 0.2) is 0 Å². The van der Waals surface area contributed by atoms with Gasteiger partial charge in [-0.1, -0.05) is 30.1 Å². The van der Waals surface area contributed by atoms with Crippen molar-refractivity contribution in [3.63, 3.8) is 0 Å². The van der Waals surface area contributed by atoms with E-state index in [1.165, 1.54) is 0 Å². The van der Waals surface area contributed by atoms with Crippen LogP contribution >= 0.6 is 23.2 Å². The highest BCUT2D eigenvalue weighted by atomic mass is 35.5. The molecule has 1 N–H and O–H groups in total. The SMILES string of the molecule is CCc1nn(CC)c(COc2ccc(Cl)cc2CO)c1Cl. The third kappa shape index (κ3) is 3.51. The molecule has 0 unspecified atom stereocenters. The van der Waals surface area contributed by atoms with E-state index in [0.717, 1.165) is 24.4 Å². The zero-order chi connectivity index (χ0) is 15.4. The van der Waals surface area contributed by atoms with Crippen molar-refractivity contribution in [1.82, 2.24) is 9.78 Å². The third-order valence-corrected chi connectivity index (χ3v) is 3.92. The van der Waals surface area contributed by atoms with E-state index in [9.17, 15) is 5.11 Å². The van der Waals surface area contributed by atoms with Gasteiger partial charge in [-0.15, -0.1) is 0 Å². The summed E-state index contributed by atoms with van der Waals surface area (Å²) in [5.74, 6) is 0.597. The van der Waals surface area contributed by atoms with Gasteiger partial charge in [0, 0.05) is 17.1 Å². The van der Waals surface area contributed by atoms with Crippen molar-refractivity contribution in [1.29, 1.82) is 0 Å². The molecule has 114 valence electrons. The van der Waals surface area contributed by atoms with Crippen LogP contribution in [-0.2, 0) is 26.2 Å². The van der Waals surface area contributed by atoms with Gasteiger partial charge in [0.2, 0.25) is 0 Å².